The van der Waals surface area contributed by atoms with E-state index in [0.29, 0.717) is 18.7 Å². The van der Waals surface area contributed by atoms with Crippen molar-refractivity contribution in [1.82, 2.24) is 0 Å². The maximum Gasteiger partial charge on any atom is 0.218 e. The Hall–Kier alpha value is -1.56. The molecule has 0 atom stereocenters. The van der Waals surface area contributed by atoms with Gasteiger partial charge in [0.05, 0.1) is 5.69 Å². The first-order valence-electron chi connectivity index (χ1n) is 4.44. The third-order valence-electron chi connectivity index (χ3n) is 2.01. The van der Waals surface area contributed by atoms with E-state index in [2.05, 4.69) is 4.85 Å². The van der Waals surface area contributed by atoms with Crippen LogP contribution >= 0.6 is 0 Å². The van der Waals surface area contributed by atoms with Gasteiger partial charge in [-0.05, 0) is 17.7 Å². The van der Waals surface area contributed by atoms with Gasteiger partial charge in [-0.3, -0.25) is 0 Å². The van der Waals surface area contributed by atoms with Crippen molar-refractivity contribution in [2.45, 2.75) is 6.42 Å². The summed E-state index contributed by atoms with van der Waals surface area (Å²) in [4.78, 5) is 4.97. The predicted molar refractivity (Wildman–Crippen MR) is 55.9 cm³/mol. The van der Waals surface area contributed by atoms with Gasteiger partial charge in [-0.2, -0.15) is 0 Å². The molecule has 14 heavy (non-hydrogen) atoms. The van der Waals surface area contributed by atoms with E-state index < -0.39 is 0 Å². The molecule has 0 N–H and O–H groups in total. The summed E-state index contributed by atoms with van der Waals surface area (Å²) < 4.78 is 13.4. The highest BCUT2D eigenvalue weighted by Crippen LogP contribution is 2.18. The lowest BCUT2D eigenvalue weighted by atomic mass is 10.1. The molecule has 0 amide bonds. The molecule has 1 aromatic carbocycles. The van der Waals surface area contributed by atoms with Gasteiger partial charge in [0.25, 0.3) is 0 Å². The van der Waals surface area contributed by atoms with E-state index in [9.17, 15) is 4.39 Å². The van der Waals surface area contributed by atoms with Gasteiger partial charge < -0.3 is 9.74 Å². The molecule has 0 aliphatic heterocycles. The standard InChI is InChI=1S/C11H13FN2/c1-13-7-6-9-4-5-11(14(2)3)10(12)8-9/h4-5,8H,6-7H2,2-3H3. The van der Waals surface area contributed by atoms with Crippen LogP contribution in [0.5, 0.6) is 0 Å². The molecule has 0 bridgehead atoms. The molecule has 1 aromatic rings. The minimum Gasteiger partial charge on any atom is -0.375 e. The van der Waals surface area contributed by atoms with E-state index in [1.807, 2.05) is 6.07 Å². The Bertz CT molecular complexity index is 353. The largest absolute Gasteiger partial charge is 0.375 e. The third kappa shape index (κ3) is 2.46. The Labute approximate surface area is 83.8 Å². The SMILES string of the molecule is [C-]#[N+]CCc1ccc(N(C)C)c(F)c1. The second-order valence-electron chi connectivity index (χ2n) is 3.31. The normalized spacial score (nSPS) is 9.57. The minimum absolute atomic E-state index is 0.225. The minimum atomic E-state index is -0.225. The van der Waals surface area contributed by atoms with Crippen LogP contribution in [-0.2, 0) is 6.42 Å². The van der Waals surface area contributed by atoms with Gasteiger partial charge in [0.1, 0.15) is 5.82 Å². The molecule has 0 unspecified atom stereocenters. The molecule has 1 rings (SSSR count). The zero-order chi connectivity index (χ0) is 10.6. The topological polar surface area (TPSA) is 7.60 Å². The summed E-state index contributed by atoms with van der Waals surface area (Å²) in [6.07, 6.45) is 0.619. The van der Waals surface area contributed by atoms with E-state index >= 15 is 0 Å². The van der Waals surface area contributed by atoms with Crippen molar-refractivity contribution in [1.29, 1.82) is 0 Å². The number of hydrogen-bond acceptors (Lipinski definition) is 1. The third-order valence-corrected chi connectivity index (χ3v) is 2.01. The van der Waals surface area contributed by atoms with Gasteiger partial charge in [-0.15, -0.1) is 0 Å². The fraction of sp³-hybridized carbons (Fsp3) is 0.364. The smallest absolute Gasteiger partial charge is 0.218 e. The summed E-state index contributed by atoms with van der Waals surface area (Å²) in [5, 5.41) is 0. The predicted octanol–water partition coefficient (Wildman–Crippen LogP) is 2.35. The highest BCUT2D eigenvalue weighted by atomic mass is 19.1. The van der Waals surface area contributed by atoms with Crippen LogP contribution in [0.3, 0.4) is 0 Å². The Kier molecular flexibility index (Phi) is 3.47. The van der Waals surface area contributed by atoms with Gasteiger partial charge in [0.2, 0.25) is 6.54 Å². The van der Waals surface area contributed by atoms with Crippen LogP contribution in [0.4, 0.5) is 10.1 Å². The second-order valence-corrected chi connectivity index (χ2v) is 3.31. The number of benzene rings is 1. The monoisotopic (exact) mass is 192 g/mol. The van der Waals surface area contributed by atoms with E-state index in [4.69, 9.17) is 6.57 Å². The Morgan fingerprint density at radius 1 is 1.43 bits per heavy atom. The molecular formula is C11H13FN2. The van der Waals surface area contributed by atoms with Crippen molar-refractivity contribution >= 4 is 5.69 Å². The molecule has 74 valence electrons. The maximum absolute atomic E-state index is 13.4. The summed E-state index contributed by atoms with van der Waals surface area (Å²) in [5.41, 5.74) is 1.46. The molecule has 0 radical (unpaired) electrons. The first-order chi connectivity index (χ1) is 6.65. The molecular weight excluding hydrogens is 179 g/mol. The summed E-state index contributed by atoms with van der Waals surface area (Å²) in [5.74, 6) is -0.225. The highest BCUT2D eigenvalue weighted by Gasteiger charge is 2.05. The molecule has 0 saturated heterocycles. The van der Waals surface area contributed by atoms with Crippen molar-refractivity contribution in [2.24, 2.45) is 0 Å². The van der Waals surface area contributed by atoms with E-state index in [0.717, 1.165) is 5.56 Å². The Morgan fingerprint density at radius 2 is 2.14 bits per heavy atom. The van der Waals surface area contributed by atoms with Crippen LogP contribution in [0.25, 0.3) is 4.85 Å². The van der Waals surface area contributed by atoms with E-state index in [1.165, 1.54) is 6.07 Å². The number of nitrogens with zero attached hydrogens (tertiary/aromatic N) is 2. The lowest BCUT2D eigenvalue weighted by Crippen LogP contribution is -2.10. The molecule has 3 heteroatoms. The number of hydrogen-bond donors (Lipinski definition) is 0. The lowest BCUT2D eigenvalue weighted by molar-refractivity contribution is 0.624. The van der Waals surface area contributed by atoms with Gasteiger partial charge in [-0.1, -0.05) is 6.07 Å². The average Bonchev–Trinajstić information content (AvgIpc) is 2.14. The average molecular weight is 192 g/mol. The summed E-state index contributed by atoms with van der Waals surface area (Å²) in [6, 6.07) is 5.11. The number of rotatable bonds is 3. The number of anilines is 1. The van der Waals surface area contributed by atoms with Crippen LogP contribution in [0, 0.1) is 12.4 Å². The van der Waals surface area contributed by atoms with Crippen LogP contribution in [0.15, 0.2) is 18.2 Å². The second kappa shape index (κ2) is 4.61. The summed E-state index contributed by atoms with van der Waals surface area (Å²) in [7, 11) is 3.61. The Balaban J connectivity index is 2.85. The van der Waals surface area contributed by atoms with Gasteiger partial charge in [0.15, 0.2) is 0 Å². The van der Waals surface area contributed by atoms with Crippen molar-refractivity contribution < 1.29 is 4.39 Å². The zero-order valence-corrected chi connectivity index (χ0v) is 8.42. The molecule has 0 saturated carbocycles. The molecule has 0 spiro atoms. The van der Waals surface area contributed by atoms with Crippen molar-refractivity contribution in [2.75, 3.05) is 25.5 Å². The van der Waals surface area contributed by atoms with Gasteiger partial charge in [0, 0.05) is 20.5 Å². The Morgan fingerprint density at radius 3 is 2.64 bits per heavy atom. The molecule has 2 nitrogen and oxygen atoms in total. The van der Waals surface area contributed by atoms with Gasteiger partial charge in [-0.25, -0.2) is 11.0 Å². The lowest BCUT2D eigenvalue weighted by Gasteiger charge is -2.13. The van der Waals surface area contributed by atoms with Crippen LogP contribution in [0.2, 0.25) is 0 Å². The number of halogens is 1. The highest BCUT2D eigenvalue weighted by molar-refractivity contribution is 5.47. The fourth-order valence-electron chi connectivity index (χ4n) is 1.25. The first kappa shape index (κ1) is 10.5. The van der Waals surface area contributed by atoms with Crippen molar-refractivity contribution in [3.63, 3.8) is 0 Å². The summed E-state index contributed by atoms with van der Waals surface area (Å²) >= 11 is 0. The summed E-state index contributed by atoms with van der Waals surface area (Å²) in [6.45, 7) is 7.06. The van der Waals surface area contributed by atoms with Crippen LogP contribution in [0.1, 0.15) is 5.56 Å². The zero-order valence-electron chi connectivity index (χ0n) is 8.42. The maximum atomic E-state index is 13.4. The molecule has 0 fully saturated rings. The van der Waals surface area contributed by atoms with Gasteiger partial charge >= 0.3 is 0 Å². The quantitative estimate of drug-likeness (QED) is 0.667. The van der Waals surface area contributed by atoms with E-state index in [1.54, 1.807) is 25.1 Å². The van der Waals surface area contributed by atoms with Crippen molar-refractivity contribution in [3.8, 4) is 0 Å². The molecule has 0 aliphatic rings. The van der Waals surface area contributed by atoms with Crippen LogP contribution in [-0.4, -0.2) is 20.6 Å². The van der Waals surface area contributed by atoms with Crippen LogP contribution < -0.4 is 4.90 Å². The van der Waals surface area contributed by atoms with E-state index in [-0.39, 0.29) is 5.82 Å². The molecule has 0 aliphatic carbocycles. The first-order valence-corrected chi connectivity index (χ1v) is 4.44. The fourth-order valence-corrected chi connectivity index (χ4v) is 1.25. The molecule has 0 heterocycles. The molecule has 0 aromatic heterocycles. The van der Waals surface area contributed by atoms with Crippen molar-refractivity contribution in [3.05, 3.63) is 41.0 Å².